The van der Waals surface area contributed by atoms with Gasteiger partial charge in [0, 0.05) is 0 Å². The number of aryl methyl sites for hydroxylation is 1. The van der Waals surface area contributed by atoms with Crippen LogP contribution in [0, 0.1) is 0 Å². The highest BCUT2D eigenvalue weighted by Crippen LogP contribution is 2.27. The average Bonchev–Trinajstić information content (AvgIpc) is 3.21. The lowest BCUT2D eigenvalue weighted by Gasteiger charge is -2.12. The highest BCUT2D eigenvalue weighted by atomic mass is 16.6. The summed E-state index contributed by atoms with van der Waals surface area (Å²) in [6, 6.07) is 8.59. The van der Waals surface area contributed by atoms with E-state index in [-0.39, 0.29) is 12.2 Å². The Bertz CT molecular complexity index is 399. The molecule has 1 heterocycles. The molecule has 1 aliphatic rings. The van der Waals surface area contributed by atoms with Crippen LogP contribution < -0.4 is 4.74 Å². The fraction of sp³-hybridized carbons (Fsp3) is 0.684. The van der Waals surface area contributed by atoms with Crippen molar-refractivity contribution < 1.29 is 9.47 Å². The van der Waals surface area contributed by atoms with Crippen LogP contribution >= 0.6 is 0 Å². The quantitative estimate of drug-likeness (QED) is 0.439. The molecule has 0 saturated carbocycles. The van der Waals surface area contributed by atoms with E-state index in [4.69, 9.17) is 9.47 Å². The maximum atomic E-state index is 5.91. The van der Waals surface area contributed by atoms with Gasteiger partial charge < -0.3 is 9.47 Å². The van der Waals surface area contributed by atoms with E-state index in [1.807, 2.05) is 0 Å². The molecule has 1 aliphatic heterocycles. The van der Waals surface area contributed by atoms with E-state index in [0.29, 0.717) is 6.10 Å². The minimum atomic E-state index is 0.143. The zero-order valence-electron chi connectivity index (χ0n) is 13.8. The minimum absolute atomic E-state index is 0.143. The summed E-state index contributed by atoms with van der Waals surface area (Å²) >= 11 is 0. The molecule has 0 aromatic heterocycles. The second-order valence-electron chi connectivity index (χ2n) is 6.29. The van der Waals surface area contributed by atoms with Gasteiger partial charge in [0.15, 0.2) is 0 Å². The average molecular weight is 290 g/mol. The normalized spacial score (nSPS) is 22.0. The smallest absolute Gasteiger partial charge is 0.125 e. The molecular weight excluding hydrogens is 260 g/mol. The Balaban J connectivity index is 1.64. The fourth-order valence-corrected chi connectivity index (χ4v) is 2.82. The van der Waals surface area contributed by atoms with Crippen LogP contribution in [0.25, 0.3) is 0 Å². The lowest BCUT2D eigenvalue weighted by Crippen LogP contribution is -2.20. The molecule has 0 aliphatic carbocycles. The Hall–Kier alpha value is -1.02. The molecule has 3 atom stereocenters. The molecule has 21 heavy (non-hydrogen) atoms. The van der Waals surface area contributed by atoms with E-state index >= 15 is 0 Å². The summed E-state index contributed by atoms with van der Waals surface area (Å²) in [4.78, 5) is 0. The lowest BCUT2D eigenvalue weighted by molar-refractivity contribution is 0.176. The van der Waals surface area contributed by atoms with E-state index < -0.39 is 0 Å². The maximum absolute atomic E-state index is 5.91. The molecule has 0 bridgehead atoms. The topological polar surface area (TPSA) is 21.8 Å². The molecule has 0 spiro atoms. The Morgan fingerprint density at radius 2 is 1.67 bits per heavy atom. The Labute approximate surface area is 129 Å². The van der Waals surface area contributed by atoms with Crippen LogP contribution in [0.1, 0.15) is 64.9 Å². The SMILES string of the molecule is CCCCCCCCc1ccc(OC(C)C2OC2C)cc1. The van der Waals surface area contributed by atoms with Crippen LogP contribution in [0.2, 0.25) is 0 Å². The molecule has 1 aromatic carbocycles. The Morgan fingerprint density at radius 1 is 1.05 bits per heavy atom. The van der Waals surface area contributed by atoms with E-state index in [0.717, 1.165) is 5.75 Å². The van der Waals surface area contributed by atoms with E-state index in [1.54, 1.807) is 0 Å². The Kier molecular flexibility index (Phi) is 6.56. The van der Waals surface area contributed by atoms with Crippen LogP contribution in [0.15, 0.2) is 24.3 Å². The molecule has 3 unspecified atom stereocenters. The third-order valence-electron chi connectivity index (χ3n) is 4.28. The molecule has 0 radical (unpaired) electrons. The zero-order valence-corrected chi connectivity index (χ0v) is 13.8. The van der Waals surface area contributed by atoms with Crippen molar-refractivity contribution in [3.8, 4) is 5.75 Å². The highest BCUT2D eigenvalue weighted by Gasteiger charge is 2.40. The van der Waals surface area contributed by atoms with Gasteiger partial charge in [-0.15, -0.1) is 0 Å². The second-order valence-corrected chi connectivity index (χ2v) is 6.29. The van der Waals surface area contributed by atoms with Gasteiger partial charge in [-0.25, -0.2) is 0 Å². The molecule has 1 saturated heterocycles. The molecule has 2 nitrogen and oxygen atoms in total. The van der Waals surface area contributed by atoms with Crippen molar-refractivity contribution in [3.63, 3.8) is 0 Å². The first kappa shape index (κ1) is 16.4. The predicted molar refractivity (Wildman–Crippen MR) is 87.9 cm³/mol. The standard InChI is InChI=1S/C19H30O2/c1-4-5-6-7-8-9-10-17-11-13-18(14-12-17)20-15(2)19-16(3)21-19/h11-16,19H,4-10H2,1-3H3. The maximum Gasteiger partial charge on any atom is 0.125 e. The number of hydrogen-bond acceptors (Lipinski definition) is 2. The summed E-state index contributed by atoms with van der Waals surface area (Å²) < 4.78 is 11.4. The zero-order chi connectivity index (χ0) is 15.1. The molecule has 1 fully saturated rings. The molecule has 2 rings (SSSR count). The number of rotatable bonds is 10. The van der Waals surface area contributed by atoms with Crippen molar-refractivity contribution in [2.24, 2.45) is 0 Å². The third kappa shape index (κ3) is 5.70. The van der Waals surface area contributed by atoms with Gasteiger partial charge in [0.2, 0.25) is 0 Å². The molecule has 1 aromatic rings. The summed E-state index contributed by atoms with van der Waals surface area (Å²) in [6.07, 6.45) is 10.1. The summed E-state index contributed by atoms with van der Waals surface area (Å²) in [6.45, 7) is 6.44. The van der Waals surface area contributed by atoms with Crippen molar-refractivity contribution in [2.45, 2.75) is 84.0 Å². The lowest BCUT2D eigenvalue weighted by atomic mass is 10.0. The molecule has 0 N–H and O–H groups in total. The summed E-state index contributed by atoms with van der Waals surface area (Å²) in [5, 5.41) is 0. The number of unbranched alkanes of at least 4 members (excludes halogenated alkanes) is 5. The van der Waals surface area contributed by atoms with E-state index in [9.17, 15) is 0 Å². The number of epoxide rings is 1. The van der Waals surface area contributed by atoms with Crippen molar-refractivity contribution >= 4 is 0 Å². The predicted octanol–water partition coefficient (Wildman–Crippen LogP) is 5.14. The van der Waals surface area contributed by atoms with Crippen molar-refractivity contribution in [1.82, 2.24) is 0 Å². The summed E-state index contributed by atoms with van der Waals surface area (Å²) in [5.74, 6) is 0.955. The van der Waals surface area contributed by atoms with Gasteiger partial charge >= 0.3 is 0 Å². The van der Waals surface area contributed by atoms with Gasteiger partial charge in [-0.1, -0.05) is 51.2 Å². The molecule has 2 heteroatoms. The largest absolute Gasteiger partial charge is 0.488 e. The van der Waals surface area contributed by atoms with Gasteiger partial charge in [0.05, 0.1) is 6.10 Å². The highest BCUT2D eigenvalue weighted by molar-refractivity contribution is 5.27. The second kappa shape index (κ2) is 8.43. The van der Waals surface area contributed by atoms with Gasteiger partial charge in [0.1, 0.15) is 18.0 Å². The van der Waals surface area contributed by atoms with E-state index in [1.165, 1.54) is 50.5 Å². The molecular formula is C19H30O2. The molecule has 0 amide bonds. The summed E-state index contributed by atoms with van der Waals surface area (Å²) in [5.41, 5.74) is 1.42. The first-order valence-electron chi connectivity index (χ1n) is 8.61. The number of hydrogen-bond donors (Lipinski definition) is 0. The van der Waals surface area contributed by atoms with Gasteiger partial charge in [0.25, 0.3) is 0 Å². The fourth-order valence-electron chi connectivity index (χ4n) is 2.82. The van der Waals surface area contributed by atoms with Crippen molar-refractivity contribution in [1.29, 1.82) is 0 Å². The van der Waals surface area contributed by atoms with Gasteiger partial charge in [-0.05, 0) is 44.4 Å². The van der Waals surface area contributed by atoms with Gasteiger partial charge in [-0.3, -0.25) is 0 Å². The van der Waals surface area contributed by atoms with E-state index in [2.05, 4.69) is 45.0 Å². The molecule has 118 valence electrons. The van der Waals surface area contributed by atoms with Crippen LogP contribution in [-0.2, 0) is 11.2 Å². The number of benzene rings is 1. The van der Waals surface area contributed by atoms with Crippen molar-refractivity contribution in [3.05, 3.63) is 29.8 Å². The van der Waals surface area contributed by atoms with Crippen molar-refractivity contribution in [2.75, 3.05) is 0 Å². The monoisotopic (exact) mass is 290 g/mol. The number of ether oxygens (including phenoxy) is 2. The minimum Gasteiger partial charge on any atom is -0.488 e. The first-order valence-corrected chi connectivity index (χ1v) is 8.61. The first-order chi connectivity index (χ1) is 10.2. The van der Waals surface area contributed by atoms with Gasteiger partial charge in [-0.2, -0.15) is 0 Å². The van der Waals surface area contributed by atoms with Crippen LogP contribution in [0.5, 0.6) is 5.75 Å². The summed E-state index contributed by atoms with van der Waals surface area (Å²) in [7, 11) is 0. The van der Waals surface area contributed by atoms with Crippen LogP contribution in [0.3, 0.4) is 0 Å². The Morgan fingerprint density at radius 3 is 2.29 bits per heavy atom. The third-order valence-corrected chi connectivity index (χ3v) is 4.28. The van der Waals surface area contributed by atoms with Crippen LogP contribution in [0.4, 0.5) is 0 Å². The van der Waals surface area contributed by atoms with Crippen LogP contribution in [-0.4, -0.2) is 18.3 Å².